The molecule has 0 heterocycles. The van der Waals surface area contributed by atoms with Crippen molar-refractivity contribution in [1.82, 2.24) is 0 Å². The van der Waals surface area contributed by atoms with E-state index in [1.165, 1.54) is 148 Å². The van der Waals surface area contributed by atoms with Crippen LogP contribution in [0.3, 0.4) is 0 Å². The molecule has 0 amide bonds. The Hall–Kier alpha value is -0.280. The van der Waals surface area contributed by atoms with E-state index in [0.29, 0.717) is 27.2 Å². The first kappa shape index (κ1) is 41.7. The van der Waals surface area contributed by atoms with E-state index in [9.17, 15) is 9.90 Å². The van der Waals surface area contributed by atoms with Crippen molar-refractivity contribution in [3.8, 4) is 0 Å². The fourth-order valence-corrected chi connectivity index (χ4v) is 6.05. The van der Waals surface area contributed by atoms with Gasteiger partial charge in [0.25, 0.3) is 0 Å². The largest absolute Gasteiger partial charge is 0.826 e. The molecule has 0 atom stereocenters. The summed E-state index contributed by atoms with van der Waals surface area (Å²) in [6.45, 7) is 3.87. The summed E-state index contributed by atoms with van der Waals surface area (Å²) in [6, 6.07) is 0. The molecule has 0 aliphatic heterocycles. The van der Waals surface area contributed by atoms with E-state index < -0.39 is 0 Å². The van der Waals surface area contributed by atoms with Gasteiger partial charge in [-0.15, -0.1) is 5.48 Å². The van der Waals surface area contributed by atoms with Crippen molar-refractivity contribution < 1.29 is 18.9 Å². The van der Waals surface area contributed by atoms with E-state index in [2.05, 4.69) is 28.1 Å². The van der Waals surface area contributed by atoms with Crippen molar-refractivity contribution >= 4 is 19.7 Å². The molecule has 0 fully saturated rings. The molecule has 0 spiro atoms. The Labute approximate surface area is 265 Å². The highest BCUT2D eigenvalue weighted by molar-refractivity contribution is 7.34. The summed E-state index contributed by atoms with van der Waals surface area (Å²) in [5.41, 5.74) is 0.233. The Morgan fingerprint density at radius 1 is 0.524 bits per heavy atom. The lowest BCUT2D eigenvalue weighted by atomic mass is 10.0. The molecule has 0 unspecified atom stereocenters. The van der Waals surface area contributed by atoms with Crippen LogP contribution in [0.4, 0.5) is 0 Å². The lowest BCUT2D eigenvalue weighted by Crippen LogP contribution is -2.37. The third kappa shape index (κ3) is 35.9. The monoisotopic (exact) mass is 612 g/mol. The van der Waals surface area contributed by atoms with E-state index >= 15 is 0 Å². The summed E-state index contributed by atoms with van der Waals surface area (Å²) >= 11 is 0. The summed E-state index contributed by atoms with van der Waals surface area (Å²) in [6.07, 6.45) is 36.5. The molecule has 0 bridgehead atoms. The Balaban J connectivity index is 3.25. The number of Topliss-reactive ketones (excluding diaryl/α,β-unsaturated/α-hetero) is 1. The van der Waals surface area contributed by atoms with Crippen molar-refractivity contribution in [3.05, 3.63) is 0 Å². The minimum atomic E-state index is 0.233. The lowest BCUT2D eigenvalue weighted by molar-refractivity contribution is -0.870. The minimum Gasteiger partial charge on any atom is -0.826 e. The lowest BCUT2D eigenvalue weighted by Gasteiger charge is -2.23. The number of nitrogens with zero attached hydrogens (tertiary/aromatic N) is 1. The average Bonchev–Trinajstić information content (AvgIpc) is 2.95. The van der Waals surface area contributed by atoms with Gasteiger partial charge in [-0.25, -0.2) is 0 Å². The molecule has 0 aliphatic rings. The van der Waals surface area contributed by atoms with Crippen molar-refractivity contribution in [2.75, 3.05) is 34.3 Å². The fourth-order valence-electron chi connectivity index (χ4n) is 5.49. The Morgan fingerprint density at radius 2 is 0.833 bits per heavy atom. The summed E-state index contributed by atoms with van der Waals surface area (Å²) in [7, 11) is 6.96. The standard InChI is InChI=1S/C37H74NO3P/c1-5-6-7-8-9-10-16-19-22-25-28-31-36(39)32-29-26-23-20-17-14-12-11-13-15-18-21-24-27-30-33-37(40)42-41-35-34-38(2,3)4/h5-35H2,1-4H3. The second-order valence-corrected chi connectivity index (χ2v) is 14.9. The number of quaternary nitrogens is 1. The van der Waals surface area contributed by atoms with Gasteiger partial charge in [0.2, 0.25) is 0 Å². The summed E-state index contributed by atoms with van der Waals surface area (Å²) in [4.78, 5) is 12.1. The van der Waals surface area contributed by atoms with Crippen molar-refractivity contribution in [1.29, 1.82) is 0 Å². The van der Waals surface area contributed by atoms with Crippen molar-refractivity contribution in [2.45, 2.75) is 193 Å². The number of carbonyl (C=O) groups is 1. The number of hydrogen-bond donors (Lipinski definition) is 0. The molecule has 0 aromatic heterocycles. The van der Waals surface area contributed by atoms with Crippen LogP contribution in [0, 0.1) is 0 Å². The van der Waals surface area contributed by atoms with Gasteiger partial charge in [-0.05, 0) is 19.3 Å². The minimum absolute atomic E-state index is 0.233. The molecule has 0 aliphatic carbocycles. The first-order valence-corrected chi connectivity index (χ1v) is 19.3. The van der Waals surface area contributed by atoms with Crippen LogP contribution in [0.15, 0.2) is 0 Å². The Morgan fingerprint density at radius 3 is 1.17 bits per heavy atom. The van der Waals surface area contributed by atoms with Crippen LogP contribution >= 0.6 is 8.43 Å². The maximum atomic E-state index is 12.1. The zero-order valence-corrected chi connectivity index (χ0v) is 29.9. The number of hydrogen-bond acceptors (Lipinski definition) is 3. The number of rotatable bonds is 34. The Bertz CT molecular complexity index is 602. The molecule has 0 rings (SSSR count). The molecule has 5 heteroatoms. The van der Waals surface area contributed by atoms with Crippen molar-refractivity contribution in [2.24, 2.45) is 0 Å². The second kappa shape index (κ2) is 32.1. The van der Waals surface area contributed by atoms with Gasteiger partial charge in [0.1, 0.15) is 18.9 Å². The molecule has 250 valence electrons. The van der Waals surface area contributed by atoms with Crippen LogP contribution in [0.5, 0.6) is 0 Å². The first-order chi connectivity index (χ1) is 20.3. The quantitative estimate of drug-likeness (QED) is 0.0413. The van der Waals surface area contributed by atoms with Gasteiger partial charge in [0.05, 0.1) is 21.1 Å². The van der Waals surface area contributed by atoms with Gasteiger partial charge in [-0.3, -0.25) is 4.79 Å². The van der Waals surface area contributed by atoms with E-state index in [-0.39, 0.29) is 5.48 Å². The highest BCUT2D eigenvalue weighted by Crippen LogP contribution is 2.16. The highest BCUT2D eigenvalue weighted by Gasteiger charge is 2.05. The van der Waals surface area contributed by atoms with Gasteiger partial charge in [0, 0.05) is 21.3 Å². The van der Waals surface area contributed by atoms with E-state index in [1.54, 1.807) is 0 Å². The molecule has 0 saturated carbocycles. The van der Waals surface area contributed by atoms with Crippen LogP contribution in [0.2, 0.25) is 0 Å². The van der Waals surface area contributed by atoms with Crippen LogP contribution in [-0.4, -0.2) is 50.0 Å². The molecule has 0 aromatic carbocycles. The summed E-state index contributed by atoms with van der Waals surface area (Å²) in [5, 5.41) is 11.9. The number of carbonyl (C=O) groups excluding carboxylic acids is 1. The predicted molar refractivity (Wildman–Crippen MR) is 185 cm³/mol. The third-order valence-electron chi connectivity index (χ3n) is 8.43. The molecular weight excluding hydrogens is 537 g/mol. The summed E-state index contributed by atoms with van der Waals surface area (Å²) < 4.78 is 6.36. The van der Waals surface area contributed by atoms with Crippen molar-refractivity contribution in [3.63, 3.8) is 0 Å². The van der Waals surface area contributed by atoms with Crippen LogP contribution < -0.4 is 5.11 Å². The predicted octanol–water partition coefficient (Wildman–Crippen LogP) is 11.0. The zero-order chi connectivity index (χ0) is 31.0. The van der Waals surface area contributed by atoms with E-state index in [1.807, 2.05) is 0 Å². The summed E-state index contributed by atoms with van der Waals surface area (Å²) in [5.74, 6) is 0.507. The molecule has 0 N–H and O–H groups in total. The molecule has 42 heavy (non-hydrogen) atoms. The average molecular weight is 612 g/mol. The maximum Gasteiger partial charge on any atom is 0.132 e. The molecule has 0 saturated heterocycles. The topological polar surface area (TPSA) is 49.4 Å². The van der Waals surface area contributed by atoms with Gasteiger partial charge in [0.15, 0.2) is 0 Å². The Kier molecular flexibility index (Phi) is 31.9. The molecule has 0 aromatic rings. The zero-order valence-electron chi connectivity index (χ0n) is 29.0. The molecule has 4 nitrogen and oxygen atoms in total. The highest BCUT2D eigenvalue weighted by atomic mass is 31.1. The van der Waals surface area contributed by atoms with Gasteiger partial charge >= 0.3 is 0 Å². The third-order valence-corrected chi connectivity index (χ3v) is 9.16. The van der Waals surface area contributed by atoms with Gasteiger partial charge in [-0.2, -0.15) is 0 Å². The van der Waals surface area contributed by atoms with Crippen LogP contribution in [0.1, 0.15) is 193 Å². The maximum absolute atomic E-state index is 12.1. The number of ketones is 1. The normalized spacial score (nSPS) is 12.4. The second-order valence-electron chi connectivity index (χ2n) is 14.0. The van der Waals surface area contributed by atoms with Crippen LogP contribution in [-0.2, 0) is 9.32 Å². The first-order valence-electron chi connectivity index (χ1n) is 18.5. The fraction of sp³-hybridized carbons (Fsp3) is 0.946. The molecule has 0 radical (unpaired) electrons. The van der Waals surface area contributed by atoms with E-state index in [0.717, 1.165) is 43.1 Å². The van der Waals surface area contributed by atoms with Crippen LogP contribution in [0.25, 0.3) is 0 Å². The van der Waals surface area contributed by atoms with Gasteiger partial charge in [-0.1, -0.05) is 161 Å². The SMILES string of the molecule is CCCCCCCCCCCCCC(=O)CCCCCCCCCCCCCCCCCC([O-])=POCC[N+](C)(C)C. The number of likely N-dealkylation sites (N-methyl/N-ethyl adjacent to an activating group) is 1. The smallest absolute Gasteiger partial charge is 0.132 e. The van der Waals surface area contributed by atoms with E-state index in [4.69, 9.17) is 4.52 Å². The molecular formula is C37H74NO3P. The van der Waals surface area contributed by atoms with Gasteiger partial charge < -0.3 is 14.1 Å². The number of unbranched alkanes of at least 4 members (excludes halogenated alkanes) is 24.